The summed E-state index contributed by atoms with van der Waals surface area (Å²) >= 11 is 7.77. The second-order valence-electron chi connectivity index (χ2n) is 3.61. The van der Waals surface area contributed by atoms with Crippen molar-refractivity contribution in [3.63, 3.8) is 0 Å². The SMILES string of the molecule is Cc1cccc(Sc2ccc(N)cc2Cl)c1. The Kier molecular flexibility index (Phi) is 3.42. The molecule has 0 amide bonds. The summed E-state index contributed by atoms with van der Waals surface area (Å²) in [6.07, 6.45) is 0. The smallest absolute Gasteiger partial charge is 0.0565 e. The Bertz CT molecular complexity index is 511. The number of hydrogen-bond donors (Lipinski definition) is 1. The van der Waals surface area contributed by atoms with Gasteiger partial charge in [-0.3, -0.25) is 0 Å². The summed E-state index contributed by atoms with van der Waals surface area (Å²) in [5.74, 6) is 0. The summed E-state index contributed by atoms with van der Waals surface area (Å²) in [5, 5.41) is 0.700. The van der Waals surface area contributed by atoms with E-state index in [0.717, 1.165) is 4.90 Å². The molecule has 0 saturated carbocycles. The maximum absolute atomic E-state index is 6.12. The van der Waals surface area contributed by atoms with Crippen molar-refractivity contribution in [3.8, 4) is 0 Å². The zero-order valence-corrected chi connectivity index (χ0v) is 10.5. The Hall–Kier alpha value is -1.12. The van der Waals surface area contributed by atoms with Gasteiger partial charge in [0.05, 0.1) is 5.02 Å². The summed E-state index contributed by atoms with van der Waals surface area (Å²) in [6, 6.07) is 13.9. The van der Waals surface area contributed by atoms with E-state index in [1.54, 1.807) is 17.8 Å². The van der Waals surface area contributed by atoms with Crippen molar-refractivity contribution in [2.45, 2.75) is 16.7 Å². The van der Waals surface area contributed by atoms with Crippen LogP contribution in [0.2, 0.25) is 5.02 Å². The van der Waals surface area contributed by atoms with E-state index in [1.165, 1.54) is 10.5 Å². The average Bonchev–Trinajstić information content (AvgIpc) is 2.22. The average molecular weight is 250 g/mol. The Balaban J connectivity index is 2.27. The normalized spacial score (nSPS) is 10.4. The molecule has 0 bridgehead atoms. The Morgan fingerprint density at radius 2 is 1.94 bits per heavy atom. The Morgan fingerprint density at radius 3 is 2.62 bits per heavy atom. The van der Waals surface area contributed by atoms with Gasteiger partial charge >= 0.3 is 0 Å². The van der Waals surface area contributed by atoms with Gasteiger partial charge in [-0.15, -0.1) is 0 Å². The molecule has 0 aliphatic rings. The monoisotopic (exact) mass is 249 g/mol. The molecule has 0 aliphatic heterocycles. The highest BCUT2D eigenvalue weighted by atomic mass is 35.5. The van der Waals surface area contributed by atoms with Crippen molar-refractivity contribution in [1.82, 2.24) is 0 Å². The molecule has 0 spiro atoms. The Morgan fingerprint density at radius 1 is 1.12 bits per heavy atom. The first-order chi connectivity index (χ1) is 7.65. The molecule has 82 valence electrons. The molecule has 3 heteroatoms. The van der Waals surface area contributed by atoms with Crippen molar-refractivity contribution in [1.29, 1.82) is 0 Å². The van der Waals surface area contributed by atoms with Gasteiger partial charge in [0.2, 0.25) is 0 Å². The van der Waals surface area contributed by atoms with Crippen LogP contribution in [-0.2, 0) is 0 Å². The highest BCUT2D eigenvalue weighted by molar-refractivity contribution is 7.99. The quantitative estimate of drug-likeness (QED) is 0.800. The maximum Gasteiger partial charge on any atom is 0.0565 e. The van der Waals surface area contributed by atoms with Crippen LogP contribution in [0.3, 0.4) is 0 Å². The fourth-order valence-electron chi connectivity index (χ4n) is 1.41. The van der Waals surface area contributed by atoms with E-state index in [1.807, 2.05) is 18.2 Å². The van der Waals surface area contributed by atoms with Crippen molar-refractivity contribution in [2.24, 2.45) is 0 Å². The van der Waals surface area contributed by atoms with E-state index in [9.17, 15) is 0 Å². The molecule has 0 heterocycles. The van der Waals surface area contributed by atoms with E-state index in [4.69, 9.17) is 17.3 Å². The zero-order valence-electron chi connectivity index (χ0n) is 8.91. The fraction of sp³-hybridized carbons (Fsp3) is 0.0769. The van der Waals surface area contributed by atoms with Crippen LogP contribution in [-0.4, -0.2) is 0 Å². The number of nitrogens with two attached hydrogens (primary N) is 1. The van der Waals surface area contributed by atoms with Crippen LogP contribution in [0.25, 0.3) is 0 Å². The van der Waals surface area contributed by atoms with Crippen LogP contribution >= 0.6 is 23.4 Å². The van der Waals surface area contributed by atoms with Gasteiger partial charge in [-0.1, -0.05) is 41.1 Å². The molecule has 16 heavy (non-hydrogen) atoms. The molecule has 0 saturated heterocycles. The van der Waals surface area contributed by atoms with E-state index in [0.29, 0.717) is 10.7 Å². The second-order valence-corrected chi connectivity index (χ2v) is 5.13. The van der Waals surface area contributed by atoms with Crippen LogP contribution in [0.15, 0.2) is 52.3 Å². The van der Waals surface area contributed by atoms with Gasteiger partial charge in [0, 0.05) is 15.5 Å². The third kappa shape index (κ3) is 2.71. The number of benzene rings is 2. The van der Waals surface area contributed by atoms with Crippen molar-refractivity contribution >= 4 is 29.1 Å². The summed E-state index contributed by atoms with van der Waals surface area (Å²) in [7, 11) is 0. The van der Waals surface area contributed by atoms with Crippen LogP contribution in [0.5, 0.6) is 0 Å². The molecule has 0 aliphatic carbocycles. The molecule has 0 aromatic heterocycles. The van der Waals surface area contributed by atoms with Crippen molar-refractivity contribution in [3.05, 3.63) is 53.1 Å². The first-order valence-corrected chi connectivity index (χ1v) is 6.14. The summed E-state index contributed by atoms with van der Waals surface area (Å²) in [5.41, 5.74) is 7.59. The summed E-state index contributed by atoms with van der Waals surface area (Å²) in [6.45, 7) is 2.08. The lowest BCUT2D eigenvalue weighted by atomic mass is 10.2. The van der Waals surface area contributed by atoms with Gasteiger partial charge in [0.25, 0.3) is 0 Å². The number of halogens is 1. The van der Waals surface area contributed by atoms with Gasteiger partial charge in [-0.05, 0) is 37.3 Å². The second kappa shape index (κ2) is 4.81. The van der Waals surface area contributed by atoms with Crippen molar-refractivity contribution < 1.29 is 0 Å². The molecule has 0 unspecified atom stereocenters. The first kappa shape index (κ1) is 11.4. The van der Waals surface area contributed by atoms with E-state index in [2.05, 4.69) is 25.1 Å². The van der Waals surface area contributed by atoms with Crippen molar-refractivity contribution in [2.75, 3.05) is 5.73 Å². The molecular weight excluding hydrogens is 238 g/mol. The minimum Gasteiger partial charge on any atom is -0.399 e. The molecule has 1 nitrogen and oxygen atoms in total. The highest BCUT2D eigenvalue weighted by Gasteiger charge is 2.03. The highest BCUT2D eigenvalue weighted by Crippen LogP contribution is 2.34. The van der Waals surface area contributed by atoms with Crippen LogP contribution in [0.1, 0.15) is 5.56 Å². The number of aryl methyl sites for hydroxylation is 1. The van der Waals surface area contributed by atoms with Gasteiger partial charge < -0.3 is 5.73 Å². The predicted molar refractivity (Wildman–Crippen MR) is 71.2 cm³/mol. The third-order valence-electron chi connectivity index (χ3n) is 2.17. The molecule has 0 atom stereocenters. The lowest BCUT2D eigenvalue weighted by molar-refractivity contribution is 1.35. The molecule has 2 aromatic carbocycles. The van der Waals surface area contributed by atoms with Gasteiger partial charge in [-0.25, -0.2) is 0 Å². The molecule has 2 N–H and O–H groups in total. The number of rotatable bonds is 2. The molecule has 0 fully saturated rings. The minimum absolute atomic E-state index is 0.693. The van der Waals surface area contributed by atoms with Gasteiger partial charge in [0.15, 0.2) is 0 Å². The standard InChI is InChI=1S/C13H12ClNS/c1-9-3-2-4-11(7-9)16-13-6-5-10(15)8-12(13)14/h2-8H,15H2,1H3. The zero-order chi connectivity index (χ0) is 11.5. The number of hydrogen-bond acceptors (Lipinski definition) is 2. The van der Waals surface area contributed by atoms with E-state index in [-0.39, 0.29) is 0 Å². The molecule has 2 rings (SSSR count). The van der Waals surface area contributed by atoms with Gasteiger partial charge in [-0.2, -0.15) is 0 Å². The molecule has 2 aromatic rings. The summed E-state index contributed by atoms with van der Waals surface area (Å²) < 4.78 is 0. The number of anilines is 1. The Labute approximate surface area is 105 Å². The molecule has 0 radical (unpaired) electrons. The fourth-order valence-corrected chi connectivity index (χ4v) is 2.65. The van der Waals surface area contributed by atoms with Crippen LogP contribution in [0.4, 0.5) is 5.69 Å². The largest absolute Gasteiger partial charge is 0.399 e. The predicted octanol–water partition coefficient (Wildman–Crippen LogP) is 4.38. The first-order valence-electron chi connectivity index (χ1n) is 4.95. The minimum atomic E-state index is 0.693. The summed E-state index contributed by atoms with van der Waals surface area (Å²) in [4.78, 5) is 2.22. The van der Waals surface area contributed by atoms with E-state index < -0.39 is 0 Å². The van der Waals surface area contributed by atoms with Crippen LogP contribution in [0, 0.1) is 6.92 Å². The number of nitrogen functional groups attached to an aromatic ring is 1. The maximum atomic E-state index is 6.12. The third-order valence-corrected chi connectivity index (χ3v) is 3.66. The lowest BCUT2D eigenvalue weighted by Crippen LogP contribution is -1.84. The van der Waals surface area contributed by atoms with Gasteiger partial charge in [0.1, 0.15) is 0 Å². The van der Waals surface area contributed by atoms with Crippen LogP contribution < -0.4 is 5.73 Å². The molecular formula is C13H12ClNS. The lowest BCUT2D eigenvalue weighted by Gasteiger charge is -2.05. The topological polar surface area (TPSA) is 26.0 Å². The van der Waals surface area contributed by atoms with E-state index >= 15 is 0 Å².